The first-order valence-corrected chi connectivity index (χ1v) is 10.7. The third-order valence-corrected chi connectivity index (χ3v) is 5.91. The average Bonchev–Trinajstić information content (AvgIpc) is 3.13. The van der Waals surface area contributed by atoms with Gasteiger partial charge in [-0.3, -0.25) is 4.79 Å². The summed E-state index contributed by atoms with van der Waals surface area (Å²) in [4.78, 5) is 29.7. The van der Waals surface area contributed by atoms with Crippen LogP contribution in [0.1, 0.15) is 75.2 Å². The molecule has 0 N–H and O–H groups in total. The number of carbonyl (C=O) groups excluding carboxylic acids is 2. The molecule has 1 aromatic carbocycles. The van der Waals surface area contributed by atoms with E-state index in [9.17, 15) is 14.0 Å². The predicted molar refractivity (Wildman–Crippen MR) is 110 cm³/mol. The predicted octanol–water partition coefficient (Wildman–Crippen LogP) is 4.92. The van der Waals surface area contributed by atoms with Crippen LogP contribution in [0, 0.1) is 12.7 Å². The minimum atomic E-state index is -0.549. The third-order valence-electron chi connectivity index (χ3n) is 5.91. The second-order valence-corrected chi connectivity index (χ2v) is 9.29. The van der Waals surface area contributed by atoms with E-state index in [4.69, 9.17) is 4.74 Å². The fraction of sp³-hybridized carbons (Fsp3) is 0.652. The molecular formula is C23H33FN2O3. The van der Waals surface area contributed by atoms with Crippen molar-refractivity contribution in [3.63, 3.8) is 0 Å². The van der Waals surface area contributed by atoms with E-state index in [1.165, 1.54) is 12.5 Å². The number of hydrogen-bond acceptors (Lipinski definition) is 3. The molecule has 1 unspecified atom stereocenters. The molecular weight excluding hydrogens is 371 g/mol. The number of nitrogens with zero attached hydrogens (tertiary/aromatic N) is 2. The van der Waals surface area contributed by atoms with Crippen LogP contribution in [0.2, 0.25) is 0 Å². The lowest BCUT2D eigenvalue weighted by Gasteiger charge is -2.39. The molecule has 1 saturated carbocycles. The van der Waals surface area contributed by atoms with E-state index in [-0.39, 0.29) is 29.9 Å². The first-order chi connectivity index (χ1) is 13.7. The van der Waals surface area contributed by atoms with Gasteiger partial charge in [-0.15, -0.1) is 0 Å². The molecule has 29 heavy (non-hydrogen) atoms. The lowest BCUT2D eigenvalue weighted by molar-refractivity contribution is 0.0257. The zero-order valence-corrected chi connectivity index (χ0v) is 18.0. The molecule has 6 heteroatoms. The quantitative estimate of drug-likeness (QED) is 0.719. The van der Waals surface area contributed by atoms with Gasteiger partial charge in [0.1, 0.15) is 11.4 Å². The van der Waals surface area contributed by atoms with Crippen molar-refractivity contribution in [1.29, 1.82) is 0 Å². The first-order valence-electron chi connectivity index (χ1n) is 10.7. The average molecular weight is 405 g/mol. The van der Waals surface area contributed by atoms with Gasteiger partial charge in [0.15, 0.2) is 0 Å². The Bertz CT molecular complexity index is 753. The number of carbonyl (C=O) groups is 2. The van der Waals surface area contributed by atoms with Crippen molar-refractivity contribution in [3.8, 4) is 0 Å². The number of hydrogen-bond donors (Lipinski definition) is 0. The monoisotopic (exact) mass is 404 g/mol. The zero-order chi connectivity index (χ0) is 21.2. The molecule has 0 aromatic heterocycles. The van der Waals surface area contributed by atoms with Crippen LogP contribution in [0.15, 0.2) is 18.2 Å². The molecule has 1 atom stereocenters. The summed E-state index contributed by atoms with van der Waals surface area (Å²) in [6.45, 7) is 8.24. The number of rotatable bonds is 3. The molecule has 3 rings (SSSR count). The number of amides is 2. The van der Waals surface area contributed by atoms with Crippen molar-refractivity contribution in [1.82, 2.24) is 9.80 Å². The number of halogens is 1. The summed E-state index contributed by atoms with van der Waals surface area (Å²) >= 11 is 0. The van der Waals surface area contributed by atoms with Gasteiger partial charge in [0, 0.05) is 24.7 Å². The van der Waals surface area contributed by atoms with E-state index in [1.807, 2.05) is 25.7 Å². The summed E-state index contributed by atoms with van der Waals surface area (Å²) in [5, 5.41) is 0. The topological polar surface area (TPSA) is 49.9 Å². The van der Waals surface area contributed by atoms with Crippen LogP contribution < -0.4 is 0 Å². The van der Waals surface area contributed by atoms with Crippen LogP contribution in [0.4, 0.5) is 9.18 Å². The van der Waals surface area contributed by atoms with Gasteiger partial charge in [-0.25, -0.2) is 9.18 Å². The van der Waals surface area contributed by atoms with Gasteiger partial charge in [0.05, 0.1) is 6.04 Å². The highest BCUT2D eigenvalue weighted by Crippen LogP contribution is 2.30. The van der Waals surface area contributed by atoms with Gasteiger partial charge in [-0.2, -0.15) is 0 Å². The Hall–Kier alpha value is -2.11. The summed E-state index contributed by atoms with van der Waals surface area (Å²) in [5.74, 6) is -0.480. The summed E-state index contributed by atoms with van der Waals surface area (Å²) < 4.78 is 19.6. The molecule has 2 fully saturated rings. The zero-order valence-electron chi connectivity index (χ0n) is 18.0. The minimum absolute atomic E-state index is 0.0687. The molecule has 2 amide bonds. The van der Waals surface area contributed by atoms with E-state index in [1.54, 1.807) is 24.0 Å². The van der Waals surface area contributed by atoms with Gasteiger partial charge in [0.2, 0.25) is 0 Å². The highest BCUT2D eigenvalue weighted by Gasteiger charge is 2.39. The van der Waals surface area contributed by atoms with Crippen LogP contribution in [-0.4, -0.2) is 52.6 Å². The molecule has 1 heterocycles. The van der Waals surface area contributed by atoms with E-state index in [0.29, 0.717) is 24.2 Å². The van der Waals surface area contributed by atoms with Crippen LogP contribution in [0.5, 0.6) is 0 Å². The molecule has 1 aromatic rings. The van der Waals surface area contributed by atoms with Crippen molar-refractivity contribution >= 4 is 12.0 Å². The van der Waals surface area contributed by atoms with Crippen molar-refractivity contribution in [2.24, 2.45) is 0 Å². The van der Waals surface area contributed by atoms with Crippen LogP contribution in [0.25, 0.3) is 0 Å². The smallest absolute Gasteiger partial charge is 0.410 e. The maximum Gasteiger partial charge on any atom is 0.410 e. The lowest BCUT2D eigenvalue weighted by Crippen LogP contribution is -2.49. The van der Waals surface area contributed by atoms with Crippen LogP contribution in [-0.2, 0) is 4.74 Å². The van der Waals surface area contributed by atoms with Crippen molar-refractivity contribution in [3.05, 3.63) is 35.1 Å². The fourth-order valence-electron chi connectivity index (χ4n) is 4.43. The van der Waals surface area contributed by atoms with E-state index < -0.39 is 5.60 Å². The Labute approximate surface area is 173 Å². The highest BCUT2D eigenvalue weighted by molar-refractivity contribution is 5.96. The van der Waals surface area contributed by atoms with Crippen LogP contribution in [0.3, 0.4) is 0 Å². The highest BCUT2D eigenvalue weighted by atomic mass is 19.1. The lowest BCUT2D eigenvalue weighted by atomic mass is 9.92. The summed E-state index contributed by atoms with van der Waals surface area (Å²) in [6, 6.07) is 4.76. The van der Waals surface area contributed by atoms with Crippen LogP contribution >= 0.6 is 0 Å². The molecule has 0 spiro atoms. The van der Waals surface area contributed by atoms with Gasteiger partial charge >= 0.3 is 6.09 Å². The molecule has 1 aliphatic carbocycles. The Morgan fingerprint density at radius 3 is 2.45 bits per heavy atom. The molecule has 0 radical (unpaired) electrons. The van der Waals surface area contributed by atoms with E-state index >= 15 is 0 Å². The Balaban J connectivity index is 1.82. The van der Waals surface area contributed by atoms with Gasteiger partial charge < -0.3 is 14.5 Å². The standard InChI is InChI=1S/C23H33FN2O3/c1-16-19(11-8-12-20(16)24)21(27)26(17-9-6-5-7-10-17)18-13-14-25(15-18)22(28)29-23(2,3)4/h8,11-12,17-18H,5-7,9-10,13-15H2,1-4H3. The maximum atomic E-state index is 14.1. The third kappa shape index (κ3) is 5.09. The van der Waals surface area contributed by atoms with Gasteiger partial charge in [0.25, 0.3) is 5.91 Å². The molecule has 5 nitrogen and oxygen atoms in total. The Morgan fingerprint density at radius 1 is 1.10 bits per heavy atom. The SMILES string of the molecule is Cc1c(F)cccc1C(=O)N(C1CCCCC1)C1CCN(C(=O)OC(C)(C)C)C1. The normalized spacial score (nSPS) is 20.6. The maximum absolute atomic E-state index is 14.1. The molecule has 0 bridgehead atoms. The summed E-state index contributed by atoms with van der Waals surface area (Å²) in [7, 11) is 0. The first kappa shape index (κ1) is 21.6. The van der Waals surface area contributed by atoms with Crippen molar-refractivity contribution in [2.75, 3.05) is 13.1 Å². The molecule has 160 valence electrons. The second-order valence-electron chi connectivity index (χ2n) is 9.29. The van der Waals surface area contributed by atoms with E-state index in [2.05, 4.69) is 0 Å². The minimum Gasteiger partial charge on any atom is -0.444 e. The van der Waals surface area contributed by atoms with Gasteiger partial charge in [-0.1, -0.05) is 25.3 Å². The number of likely N-dealkylation sites (tertiary alicyclic amines) is 1. The molecule has 2 aliphatic rings. The van der Waals surface area contributed by atoms with E-state index in [0.717, 1.165) is 32.1 Å². The van der Waals surface area contributed by atoms with Gasteiger partial charge in [-0.05, 0) is 64.7 Å². The number of benzene rings is 1. The second kappa shape index (κ2) is 8.72. The summed E-state index contributed by atoms with van der Waals surface area (Å²) in [6.07, 6.45) is 5.68. The molecule has 1 saturated heterocycles. The van der Waals surface area contributed by atoms with Crippen molar-refractivity contribution in [2.45, 2.75) is 83.9 Å². The molecule has 1 aliphatic heterocycles. The van der Waals surface area contributed by atoms with Crippen molar-refractivity contribution < 1.29 is 18.7 Å². The fourth-order valence-corrected chi connectivity index (χ4v) is 4.43. The largest absolute Gasteiger partial charge is 0.444 e. The number of ether oxygens (including phenoxy) is 1. The Kier molecular flexibility index (Phi) is 6.49. The summed E-state index contributed by atoms with van der Waals surface area (Å²) in [5.41, 5.74) is 0.263. The Morgan fingerprint density at radius 2 is 1.79 bits per heavy atom.